The monoisotopic (exact) mass is 406 g/mol. The highest BCUT2D eigenvalue weighted by Gasteiger charge is 2.81. The van der Waals surface area contributed by atoms with E-state index in [1.54, 1.807) is 6.92 Å². The summed E-state index contributed by atoms with van der Waals surface area (Å²) in [7, 11) is 0. The quantitative estimate of drug-likeness (QED) is 0.516. The SMILES string of the molecule is CC(C)CC(C)(C(=O)OC1C2CC3(C(F)(F)F)C(=O)OC1C3OC2=O)C(C)C. The number of halogens is 3. The van der Waals surface area contributed by atoms with Crippen LogP contribution in [0.3, 0.4) is 0 Å². The van der Waals surface area contributed by atoms with Crippen molar-refractivity contribution in [2.75, 3.05) is 0 Å². The van der Waals surface area contributed by atoms with E-state index in [1.807, 2.05) is 27.7 Å². The molecule has 0 aromatic rings. The molecule has 6 nitrogen and oxygen atoms in total. The molecule has 0 radical (unpaired) electrons. The van der Waals surface area contributed by atoms with Crippen LogP contribution < -0.4 is 0 Å². The van der Waals surface area contributed by atoms with Crippen LogP contribution in [0.4, 0.5) is 13.2 Å². The van der Waals surface area contributed by atoms with Gasteiger partial charge in [-0.1, -0.05) is 27.7 Å². The number of ether oxygens (including phenoxy) is 3. The fourth-order valence-corrected chi connectivity index (χ4v) is 4.62. The van der Waals surface area contributed by atoms with Crippen LogP contribution in [0.2, 0.25) is 0 Å². The average Bonchev–Trinajstić information content (AvgIpc) is 2.77. The molecule has 6 unspecified atom stereocenters. The minimum atomic E-state index is -4.93. The maximum atomic E-state index is 13.7. The van der Waals surface area contributed by atoms with Gasteiger partial charge in [0.2, 0.25) is 5.41 Å². The van der Waals surface area contributed by atoms with Crippen LogP contribution in [0.1, 0.15) is 47.5 Å². The van der Waals surface area contributed by atoms with Crippen LogP contribution >= 0.6 is 0 Å². The molecular formula is C19H25F3O6. The molecule has 0 aromatic carbocycles. The summed E-state index contributed by atoms with van der Waals surface area (Å²) in [6.45, 7) is 9.35. The molecular weight excluding hydrogens is 381 g/mol. The van der Waals surface area contributed by atoms with Crippen molar-refractivity contribution in [2.45, 2.75) is 71.9 Å². The van der Waals surface area contributed by atoms with Crippen molar-refractivity contribution in [2.24, 2.45) is 28.6 Å². The summed E-state index contributed by atoms with van der Waals surface area (Å²) >= 11 is 0. The van der Waals surface area contributed by atoms with Gasteiger partial charge in [-0.05, 0) is 31.6 Å². The lowest BCUT2D eigenvalue weighted by Gasteiger charge is -2.48. The number of carbonyl (C=O) groups is 3. The molecule has 4 bridgehead atoms. The first-order valence-electron chi connectivity index (χ1n) is 9.45. The van der Waals surface area contributed by atoms with E-state index >= 15 is 0 Å². The van der Waals surface area contributed by atoms with Gasteiger partial charge < -0.3 is 14.2 Å². The molecule has 0 N–H and O–H groups in total. The first-order valence-corrected chi connectivity index (χ1v) is 9.45. The second-order valence-corrected chi connectivity index (χ2v) is 9.05. The van der Waals surface area contributed by atoms with Gasteiger partial charge in [-0.3, -0.25) is 14.4 Å². The number of carbonyl (C=O) groups excluding carboxylic acids is 3. The molecule has 6 atom stereocenters. The van der Waals surface area contributed by atoms with Gasteiger partial charge in [0.25, 0.3) is 0 Å². The number of hydrogen-bond acceptors (Lipinski definition) is 6. The zero-order valence-corrected chi connectivity index (χ0v) is 16.5. The minimum absolute atomic E-state index is 0.101. The highest BCUT2D eigenvalue weighted by Crippen LogP contribution is 2.61. The molecule has 0 amide bonds. The molecule has 28 heavy (non-hydrogen) atoms. The van der Waals surface area contributed by atoms with Crippen molar-refractivity contribution in [3.05, 3.63) is 0 Å². The average molecular weight is 406 g/mol. The van der Waals surface area contributed by atoms with E-state index in [0.29, 0.717) is 6.42 Å². The van der Waals surface area contributed by atoms with Crippen LogP contribution in [0, 0.1) is 28.6 Å². The number of rotatable bonds is 5. The number of alkyl halides is 3. The Morgan fingerprint density at radius 1 is 1.21 bits per heavy atom. The third kappa shape index (κ3) is 2.72. The molecule has 0 spiro atoms. The van der Waals surface area contributed by atoms with Gasteiger partial charge in [0.1, 0.15) is 0 Å². The van der Waals surface area contributed by atoms with Crippen molar-refractivity contribution in [3.8, 4) is 0 Å². The molecule has 3 aliphatic heterocycles. The van der Waals surface area contributed by atoms with E-state index in [2.05, 4.69) is 0 Å². The second kappa shape index (κ2) is 6.35. The number of esters is 3. The van der Waals surface area contributed by atoms with Gasteiger partial charge >= 0.3 is 24.1 Å². The molecule has 158 valence electrons. The minimum Gasteiger partial charge on any atom is -0.457 e. The molecule has 3 heterocycles. The van der Waals surface area contributed by atoms with Gasteiger partial charge in [-0.2, -0.15) is 13.2 Å². The maximum absolute atomic E-state index is 13.7. The third-order valence-electron chi connectivity index (χ3n) is 6.52. The maximum Gasteiger partial charge on any atom is 0.408 e. The summed E-state index contributed by atoms with van der Waals surface area (Å²) in [5.41, 5.74) is -3.77. The summed E-state index contributed by atoms with van der Waals surface area (Å²) in [5, 5.41) is 0. The van der Waals surface area contributed by atoms with Gasteiger partial charge in [-0.25, -0.2) is 0 Å². The Labute approximate surface area is 161 Å². The molecule has 1 aliphatic carbocycles. The van der Waals surface area contributed by atoms with E-state index in [1.165, 1.54) is 0 Å². The summed E-state index contributed by atoms with van der Waals surface area (Å²) in [6, 6.07) is 0. The lowest BCUT2D eigenvalue weighted by molar-refractivity contribution is -0.281. The van der Waals surface area contributed by atoms with Crippen molar-refractivity contribution < 1.29 is 41.8 Å². The predicted octanol–water partition coefficient (Wildman–Crippen LogP) is 3.03. The molecule has 4 fully saturated rings. The van der Waals surface area contributed by atoms with E-state index in [9.17, 15) is 27.6 Å². The molecule has 4 rings (SSSR count). The van der Waals surface area contributed by atoms with Crippen molar-refractivity contribution in [1.82, 2.24) is 0 Å². The predicted molar refractivity (Wildman–Crippen MR) is 88.6 cm³/mol. The Balaban J connectivity index is 1.91. The highest BCUT2D eigenvalue weighted by molar-refractivity contribution is 5.88. The normalized spacial score (nSPS) is 36.4. The smallest absolute Gasteiger partial charge is 0.408 e. The standard InChI is InChI=1S/C19H25F3O6/c1-8(2)6-17(5,9(3)4)15(24)26-11-10-7-18(19(20,21)22)13(28-14(10)23)12(11)27-16(18)25/h8-13H,6-7H2,1-5H3. The zero-order chi connectivity index (χ0) is 21.2. The first-order chi connectivity index (χ1) is 12.8. The van der Waals surface area contributed by atoms with Crippen molar-refractivity contribution in [3.63, 3.8) is 0 Å². The van der Waals surface area contributed by atoms with Gasteiger partial charge in [0.15, 0.2) is 18.3 Å². The largest absolute Gasteiger partial charge is 0.457 e. The topological polar surface area (TPSA) is 78.9 Å². The fourth-order valence-electron chi connectivity index (χ4n) is 4.62. The fraction of sp³-hybridized carbons (Fsp3) is 0.842. The summed E-state index contributed by atoms with van der Waals surface area (Å²) in [5.74, 6) is -4.29. The molecule has 9 heteroatoms. The van der Waals surface area contributed by atoms with Crippen LogP contribution in [-0.4, -0.2) is 42.4 Å². The second-order valence-electron chi connectivity index (χ2n) is 9.05. The summed E-state index contributed by atoms with van der Waals surface area (Å²) in [6.07, 6.45) is -9.79. The van der Waals surface area contributed by atoms with Gasteiger partial charge in [-0.15, -0.1) is 0 Å². The Kier molecular flexibility index (Phi) is 4.75. The number of hydrogen-bond donors (Lipinski definition) is 0. The molecule has 3 saturated heterocycles. The van der Waals surface area contributed by atoms with Crippen LogP contribution in [-0.2, 0) is 28.6 Å². The van der Waals surface area contributed by atoms with E-state index in [4.69, 9.17) is 14.2 Å². The molecule has 4 aliphatic rings. The summed E-state index contributed by atoms with van der Waals surface area (Å²) in [4.78, 5) is 37.3. The Hall–Kier alpha value is -1.80. The van der Waals surface area contributed by atoms with E-state index in [0.717, 1.165) is 0 Å². The Morgan fingerprint density at radius 3 is 2.32 bits per heavy atom. The molecule has 0 aromatic heterocycles. The lowest BCUT2D eigenvalue weighted by atomic mass is 9.64. The van der Waals surface area contributed by atoms with Crippen molar-refractivity contribution in [1.29, 1.82) is 0 Å². The van der Waals surface area contributed by atoms with Gasteiger partial charge in [0, 0.05) is 0 Å². The van der Waals surface area contributed by atoms with E-state index < -0.39 is 65.6 Å². The first kappa shape index (κ1) is 20.9. The van der Waals surface area contributed by atoms with Crippen LogP contribution in [0.5, 0.6) is 0 Å². The van der Waals surface area contributed by atoms with Crippen LogP contribution in [0.25, 0.3) is 0 Å². The van der Waals surface area contributed by atoms with Crippen LogP contribution in [0.15, 0.2) is 0 Å². The lowest BCUT2D eigenvalue weighted by Crippen LogP contribution is -2.67. The van der Waals surface area contributed by atoms with Gasteiger partial charge in [0.05, 0.1) is 11.3 Å². The third-order valence-corrected chi connectivity index (χ3v) is 6.52. The van der Waals surface area contributed by atoms with E-state index in [-0.39, 0.29) is 11.8 Å². The summed E-state index contributed by atoms with van der Waals surface area (Å²) < 4.78 is 56.5. The Morgan fingerprint density at radius 2 is 1.82 bits per heavy atom. The molecule has 1 saturated carbocycles. The van der Waals surface area contributed by atoms with Crippen molar-refractivity contribution >= 4 is 17.9 Å². The Bertz CT molecular complexity index is 702. The zero-order valence-electron chi connectivity index (χ0n) is 16.5. The highest BCUT2D eigenvalue weighted by atomic mass is 19.4. The number of fused-ring (bicyclic) bond motifs is 1.